The van der Waals surface area contributed by atoms with Gasteiger partial charge in [-0.1, -0.05) is 93.1 Å². The second-order valence-corrected chi connectivity index (χ2v) is 11.6. The van der Waals surface area contributed by atoms with Crippen LogP contribution in [-0.2, 0) is 12.0 Å². The van der Waals surface area contributed by atoms with Crippen LogP contribution in [-0.4, -0.2) is 34.8 Å². The zero-order valence-corrected chi connectivity index (χ0v) is 24.1. The summed E-state index contributed by atoms with van der Waals surface area (Å²) in [5.74, 6) is 0.616. The van der Waals surface area contributed by atoms with Crippen molar-refractivity contribution >= 4 is 28.3 Å². The van der Waals surface area contributed by atoms with E-state index in [1.807, 2.05) is 54.6 Å². The van der Waals surface area contributed by atoms with Crippen LogP contribution in [0.2, 0.25) is 0 Å². The molecule has 5 rings (SSSR count). The number of amides is 2. The van der Waals surface area contributed by atoms with E-state index in [1.54, 1.807) is 4.68 Å². The van der Waals surface area contributed by atoms with Gasteiger partial charge in [-0.05, 0) is 61.3 Å². The molecule has 0 saturated heterocycles. The summed E-state index contributed by atoms with van der Waals surface area (Å²) in [6.07, 6.45) is 0. The monoisotopic (exact) mass is 531 g/mol. The summed E-state index contributed by atoms with van der Waals surface area (Å²) in [6, 6.07) is 30.6. The molecule has 0 saturated carbocycles. The maximum Gasteiger partial charge on any atom is 0.324 e. The summed E-state index contributed by atoms with van der Waals surface area (Å²) >= 11 is 0. The summed E-state index contributed by atoms with van der Waals surface area (Å²) in [7, 11) is 4.15. The molecule has 0 aliphatic rings. The first-order chi connectivity index (χ1) is 19.1. The van der Waals surface area contributed by atoms with Crippen molar-refractivity contribution in [3.8, 4) is 16.8 Å². The first-order valence-corrected chi connectivity index (χ1v) is 13.6. The number of benzene rings is 4. The van der Waals surface area contributed by atoms with Gasteiger partial charge in [-0.3, -0.25) is 5.32 Å². The average Bonchev–Trinajstić information content (AvgIpc) is 3.34. The molecule has 0 fully saturated rings. The van der Waals surface area contributed by atoms with Crippen LogP contribution in [0, 0.1) is 6.92 Å². The van der Waals surface area contributed by atoms with E-state index >= 15 is 0 Å². The summed E-state index contributed by atoms with van der Waals surface area (Å²) < 4.78 is 1.79. The minimum Gasteiger partial charge on any atom is -0.307 e. The van der Waals surface area contributed by atoms with Gasteiger partial charge in [0.15, 0.2) is 0 Å². The van der Waals surface area contributed by atoms with Gasteiger partial charge in [-0.2, -0.15) is 5.10 Å². The quantitative estimate of drug-likeness (QED) is 0.233. The minimum atomic E-state index is -0.320. The van der Waals surface area contributed by atoms with Crippen molar-refractivity contribution in [1.82, 2.24) is 14.7 Å². The summed E-state index contributed by atoms with van der Waals surface area (Å²) in [5.41, 5.74) is 7.08. The first-order valence-electron chi connectivity index (χ1n) is 13.6. The number of aromatic nitrogens is 2. The lowest BCUT2D eigenvalue weighted by atomic mass is 9.92. The Morgan fingerprint density at radius 2 is 1.52 bits per heavy atom. The standard InChI is InChI=1S/C34H37N5O/c1-23-11-17-26(18-12-23)39-32(21-31(37-39)34(2,3)4)36-33(40)35-30-20-19-27(28-9-7-8-10-29(28)30)25-15-13-24(14-16-25)22-38(5)6/h7-21H,22H2,1-6H3,(H2,35,36,40). The molecule has 4 aromatic carbocycles. The van der Waals surface area contributed by atoms with Gasteiger partial charge in [0.05, 0.1) is 17.1 Å². The van der Waals surface area contributed by atoms with E-state index in [2.05, 4.69) is 93.7 Å². The number of aryl methyl sites for hydroxylation is 1. The van der Waals surface area contributed by atoms with Crippen molar-refractivity contribution in [3.63, 3.8) is 0 Å². The van der Waals surface area contributed by atoms with Gasteiger partial charge in [0.25, 0.3) is 0 Å². The summed E-state index contributed by atoms with van der Waals surface area (Å²) in [6.45, 7) is 9.29. The van der Waals surface area contributed by atoms with Gasteiger partial charge in [0, 0.05) is 23.4 Å². The molecule has 0 bridgehead atoms. The molecule has 1 aromatic heterocycles. The summed E-state index contributed by atoms with van der Waals surface area (Å²) in [5, 5.41) is 13.0. The Kier molecular flexibility index (Phi) is 7.46. The number of rotatable bonds is 6. The molecule has 0 spiro atoms. The maximum absolute atomic E-state index is 13.3. The third-order valence-electron chi connectivity index (χ3n) is 6.93. The van der Waals surface area contributed by atoms with E-state index in [0.29, 0.717) is 5.82 Å². The Hall–Kier alpha value is -4.42. The highest BCUT2D eigenvalue weighted by molar-refractivity contribution is 6.09. The molecule has 0 aliphatic carbocycles. The van der Waals surface area contributed by atoms with Crippen LogP contribution in [0.25, 0.3) is 27.6 Å². The molecular weight excluding hydrogens is 494 g/mol. The summed E-state index contributed by atoms with van der Waals surface area (Å²) in [4.78, 5) is 15.5. The Bertz CT molecular complexity index is 1640. The number of hydrogen-bond acceptors (Lipinski definition) is 3. The molecule has 6 nitrogen and oxygen atoms in total. The molecule has 0 unspecified atom stereocenters. The largest absolute Gasteiger partial charge is 0.324 e. The Morgan fingerprint density at radius 1 is 0.850 bits per heavy atom. The van der Waals surface area contributed by atoms with Gasteiger partial charge in [0.1, 0.15) is 5.82 Å². The fraction of sp³-hybridized carbons (Fsp3) is 0.235. The van der Waals surface area contributed by atoms with Crippen molar-refractivity contribution < 1.29 is 4.79 Å². The van der Waals surface area contributed by atoms with E-state index in [4.69, 9.17) is 5.10 Å². The van der Waals surface area contributed by atoms with Gasteiger partial charge in [-0.25, -0.2) is 9.48 Å². The number of nitrogens with zero attached hydrogens (tertiary/aromatic N) is 3. The maximum atomic E-state index is 13.3. The average molecular weight is 532 g/mol. The van der Waals surface area contributed by atoms with Crippen molar-refractivity contribution in [1.29, 1.82) is 0 Å². The molecule has 204 valence electrons. The number of fused-ring (bicyclic) bond motifs is 1. The van der Waals surface area contributed by atoms with Crippen LogP contribution < -0.4 is 10.6 Å². The Labute approximate surface area is 236 Å². The minimum absolute atomic E-state index is 0.167. The molecule has 0 atom stereocenters. The van der Waals surface area contributed by atoms with Gasteiger partial charge in [-0.15, -0.1) is 0 Å². The lowest BCUT2D eigenvalue weighted by Gasteiger charge is -2.15. The topological polar surface area (TPSA) is 62.2 Å². The zero-order chi connectivity index (χ0) is 28.4. The number of anilines is 2. The number of carbonyl (C=O) groups excluding carboxylic acids is 1. The molecule has 40 heavy (non-hydrogen) atoms. The Morgan fingerprint density at radius 3 is 2.17 bits per heavy atom. The fourth-order valence-corrected chi connectivity index (χ4v) is 4.80. The number of nitrogens with one attached hydrogen (secondary N) is 2. The van der Waals surface area contributed by atoms with Crippen molar-refractivity contribution in [2.45, 2.75) is 39.7 Å². The fourth-order valence-electron chi connectivity index (χ4n) is 4.80. The number of hydrogen-bond donors (Lipinski definition) is 2. The lowest BCUT2D eigenvalue weighted by Crippen LogP contribution is -2.21. The number of urea groups is 1. The van der Waals surface area contributed by atoms with Crippen LogP contribution in [0.3, 0.4) is 0 Å². The van der Waals surface area contributed by atoms with Gasteiger partial charge < -0.3 is 10.2 Å². The van der Waals surface area contributed by atoms with Crippen LogP contribution in [0.4, 0.5) is 16.3 Å². The van der Waals surface area contributed by atoms with Crippen molar-refractivity contribution in [2.75, 3.05) is 24.7 Å². The Balaban J connectivity index is 1.43. The highest BCUT2D eigenvalue weighted by atomic mass is 16.2. The first kappa shape index (κ1) is 27.2. The zero-order valence-electron chi connectivity index (χ0n) is 24.1. The van der Waals surface area contributed by atoms with Crippen LogP contribution in [0.15, 0.2) is 91.0 Å². The van der Waals surface area contributed by atoms with E-state index in [0.717, 1.165) is 45.5 Å². The lowest BCUT2D eigenvalue weighted by molar-refractivity contribution is 0.262. The van der Waals surface area contributed by atoms with Crippen LogP contribution in [0.1, 0.15) is 37.6 Å². The van der Waals surface area contributed by atoms with E-state index in [1.165, 1.54) is 11.1 Å². The molecule has 1 heterocycles. The predicted octanol–water partition coefficient (Wildman–Crippen LogP) is 8.00. The third-order valence-corrected chi connectivity index (χ3v) is 6.93. The van der Waals surface area contributed by atoms with Crippen molar-refractivity contribution in [3.05, 3.63) is 108 Å². The molecule has 5 aromatic rings. The van der Waals surface area contributed by atoms with E-state index < -0.39 is 0 Å². The number of carbonyl (C=O) groups is 1. The van der Waals surface area contributed by atoms with E-state index in [-0.39, 0.29) is 11.4 Å². The highest BCUT2D eigenvalue weighted by Gasteiger charge is 2.22. The van der Waals surface area contributed by atoms with E-state index in [9.17, 15) is 4.79 Å². The third kappa shape index (κ3) is 5.92. The molecule has 0 aliphatic heterocycles. The van der Waals surface area contributed by atoms with Crippen LogP contribution >= 0.6 is 0 Å². The molecule has 6 heteroatoms. The molecule has 0 radical (unpaired) electrons. The molecule has 2 N–H and O–H groups in total. The smallest absolute Gasteiger partial charge is 0.307 e. The normalized spacial score (nSPS) is 11.7. The second kappa shape index (κ2) is 11.0. The molecular formula is C34H37N5O. The highest BCUT2D eigenvalue weighted by Crippen LogP contribution is 2.34. The predicted molar refractivity (Wildman–Crippen MR) is 166 cm³/mol. The van der Waals surface area contributed by atoms with Gasteiger partial charge in [0.2, 0.25) is 0 Å². The second-order valence-electron chi connectivity index (χ2n) is 11.6. The molecule has 2 amide bonds. The van der Waals surface area contributed by atoms with Gasteiger partial charge >= 0.3 is 6.03 Å². The van der Waals surface area contributed by atoms with Crippen molar-refractivity contribution in [2.24, 2.45) is 0 Å². The SMILES string of the molecule is Cc1ccc(-n2nc(C(C)(C)C)cc2NC(=O)Nc2ccc(-c3ccc(CN(C)C)cc3)c3ccccc23)cc1. The van der Waals surface area contributed by atoms with Crippen LogP contribution in [0.5, 0.6) is 0 Å².